The third kappa shape index (κ3) is 4.84. The van der Waals surface area contributed by atoms with E-state index in [0.717, 1.165) is 0 Å². The van der Waals surface area contributed by atoms with Gasteiger partial charge in [-0.1, -0.05) is 12.1 Å². The van der Waals surface area contributed by atoms with Crippen LogP contribution in [0.25, 0.3) is 0 Å². The largest absolute Gasteiger partial charge is 0.496 e. The molecule has 2 saturated heterocycles. The van der Waals surface area contributed by atoms with Gasteiger partial charge in [0.15, 0.2) is 0 Å². The first-order valence-corrected chi connectivity index (χ1v) is 10.5. The molecule has 0 aromatic heterocycles. The topological polar surface area (TPSA) is 80.3 Å². The van der Waals surface area contributed by atoms with Gasteiger partial charge in [-0.15, -0.1) is 0 Å². The Morgan fingerprint density at radius 3 is 2.50 bits per heavy atom. The van der Waals surface area contributed by atoms with Crippen LogP contribution in [0.5, 0.6) is 5.75 Å². The lowest BCUT2D eigenvalue weighted by Gasteiger charge is -2.43. The number of urea groups is 1. The average molecular weight is 443 g/mol. The van der Waals surface area contributed by atoms with Gasteiger partial charge in [0, 0.05) is 18.8 Å². The minimum absolute atomic E-state index is 0.162. The third-order valence-electron chi connectivity index (χ3n) is 5.53. The van der Waals surface area contributed by atoms with Gasteiger partial charge in [0.05, 0.1) is 39.0 Å². The van der Waals surface area contributed by atoms with Crippen LogP contribution in [0.2, 0.25) is 0 Å². The van der Waals surface area contributed by atoms with Crippen LogP contribution in [0.15, 0.2) is 48.5 Å². The number of para-hydroxylation sites is 1. The molecule has 1 unspecified atom stereocenters. The Bertz CT molecular complexity index is 970. The van der Waals surface area contributed by atoms with Gasteiger partial charge in [-0.2, -0.15) is 0 Å². The van der Waals surface area contributed by atoms with E-state index >= 15 is 0 Å². The molecule has 2 aliphatic heterocycles. The Kier molecular flexibility index (Phi) is 6.57. The molecule has 2 aromatic rings. The van der Waals surface area contributed by atoms with Crippen LogP contribution in [0.3, 0.4) is 0 Å². The molecule has 8 nitrogen and oxygen atoms in total. The Labute approximate surface area is 185 Å². The van der Waals surface area contributed by atoms with Crippen molar-refractivity contribution in [1.82, 2.24) is 9.80 Å². The highest BCUT2D eigenvalue weighted by atomic mass is 19.1. The van der Waals surface area contributed by atoms with E-state index in [-0.39, 0.29) is 37.5 Å². The minimum atomic E-state index is -1.12. The minimum Gasteiger partial charge on any atom is -0.496 e. The number of methoxy groups -OCH3 is 1. The maximum atomic E-state index is 13.2. The zero-order valence-electron chi connectivity index (χ0n) is 17.9. The first-order chi connectivity index (χ1) is 15.5. The Morgan fingerprint density at radius 1 is 1.00 bits per heavy atom. The van der Waals surface area contributed by atoms with Crippen LogP contribution in [-0.4, -0.2) is 74.0 Å². The quantitative estimate of drug-likeness (QED) is 0.789. The molecule has 2 heterocycles. The van der Waals surface area contributed by atoms with Crippen molar-refractivity contribution in [2.75, 3.05) is 51.8 Å². The van der Waals surface area contributed by atoms with Crippen LogP contribution in [0.4, 0.5) is 14.9 Å². The second-order valence-electron chi connectivity index (χ2n) is 7.75. The maximum Gasteiger partial charge on any atom is 0.322 e. The van der Waals surface area contributed by atoms with Crippen LogP contribution < -0.4 is 10.1 Å². The molecule has 32 heavy (non-hydrogen) atoms. The summed E-state index contributed by atoms with van der Waals surface area (Å²) < 4.78 is 30.5. The summed E-state index contributed by atoms with van der Waals surface area (Å²) >= 11 is 0. The Balaban J connectivity index is 1.48. The molecule has 9 heteroatoms. The molecule has 2 aromatic carbocycles. The summed E-state index contributed by atoms with van der Waals surface area (Å²) in [6.07, 6.45) is 0.627. The number of halogens is 1. The molecule has 0 bridgehead atoms. The Hall–Kier alpha value is -3.17. The highest BCUT2D eigenvalue weighted by Gasteiger charge is 2.43. The lowest BCUT2D eigenvalue weighted by Crippen LogP contribution is -2.60. The molecule has 3 amide bonds. The van der Waals surface area contributed by atoms with Crippen LogP contribution >= 0.6 is 0 Å². The van der Waals surface area contributed by atoms with Gasteiger partial charge in [-0.3, -0.25) is 4.79 Å². The van der Waals surface area contributed by atoms with Crippen molar-refractivity contribution < 1.29 is 28.2 Å². The predicted octanol–water partition coefficient (Wildman–Crippen LogP) is 2.96. The maximum absolute atomic E-state index is 13.2. The van der Waals surface area contributed by atoms with Gasteiger partial charge >= 0.3 is 6.03 Å². The van der Waals surface area contributed by atoms with Gasteiger partial charge in [-0.05, 0) is 42.8 Å². The normalized spacial score (nSPS) is 21.2. The lowest BCUT2D eigenvalue weighted by atomic mass is 10.1. The van der Waals surface area contributed by atoms with E-state index in [9.17, 15) is 14.0 Å². The Morgan fingerprint density at radius 2 is 1.72 bits per heavy atom. The zero-order chi connectivity index (χ0) is 22.6. The summed E-state index contributed by atoms with van der Waals surface area (Å²) in [6, 6.07) is 12.3. The number of nitrogens with zero attached hydrogens (tertiary/aromatic N) is 2. The van der Waals surface area contributed by atoms with E-state index in [0.29, 0.717) is 43.1 Å². The summed E-state index contributed by atoms with van der Waals surface area (Å²) in [4.78, 5) is 29.3. The monoisotopic (exact) mass is 443 g/mol. The molecule has 170 valence electrons. The van der Waals surface area contributed by atoms with E-state index in [4.69, 9.17) is 14.2 Å². The van der Waals surface area contributed by atoms with Crippen molar-refractivity contribution in [3.8, 4) is 5.75 Å². The molecule has 1 spiro atoms. The fourth-order valence-electron chi connectivity index (χ4n) is 3.94. The van der Waals surface area contributed by atoms with Crippen molar-refractivity contribution in [2.24, 2.45) is 0 Å². The van der Waals surface area contributed by atoms with Gasteiger partial charge in [0.1, 0.15) is 11.6 Å². The van der Waals surface area contributed by atoms with Crippen LogP contribution in [-0.2, 0) is 9.47 Å². The second-order valence-corrected chi connectivity index (χ2v) is 7.75. The molecular weight excluding hydrogens is 417 g/mol. The van der Waals surface area contributed by atoms with E-state index in [1.807, 2.05) is 6.07 Å². The van der Waals surface area contributed by atoms with Gasteiger partial charge in [0.25, 0.3) is 5.91 Å². The van der Waals surface area contributed by atoms with Gasteiger partial charge in [-0.25, -0.2) is 9.18 Å². The highest BCUT2D eigenvalue weighted by molar-refractivity contribution is 5.97. The van der Waals surface area contributed by atoms with E-state index in [2.05, 4.69) is 5.32 Å². The SMILES string of the molecule is COc1ccccc1C(=O)N1CCOC2(CN(C(=O)Nc3ccc(F)cc3)CCCO2)C1. The van der Waals surface area contributed by atoms with Gasteiger partial charge < -0.3 is 29.3 Å². The summed E-state index contributed by atoms with van der Waals surface area (Å²) in [5, 5.41) is 2.78. The number of hydrogen-bond acceptors (Lipinski definition) is 5. The number of morpholine rings is 1. The van der Waals surface area contributed by atoms with Crippen LogP contribution in [0, 0.1) is 5.82 Å². The first-order valence-electron chi connectivity index (χ1n) is 10.5. The summed E-state index contributed by atoms with van der Waals surface area (Å²) in [5.74, 6) is -1.17. The van der Waals surface area contributed by atoms with Crippen molar-refractivity contribution in [1.29, 1.82) is 0 Å². The molecule has 1 atom stereocenters. The van der Waals surface area contributed by atoms with Crippen molar-refractivity contribution in [3.05, 3.63) is 59.9 Å². The summed E-state index contributed by atoms with van der Waals surface area (Å²) in [5.41, 5.74) is 0.958. The summed E-state index contributed by atoms with van der Waals surface area (Å²) in [6.45, 7) is 1.91. The average Bonchev–Trinajstić information content (AvgIpc) is 3.02. The number of amides is 3. The standard InChI is InChI=1S/C23H26FN3O5/c1-30-20-6-3-2-5-19(20)21(28)26-12-14-32-23(15-26)16-27(11-4-13-31-23)22(29)25-18-9-7-17(24)8-10-18/h2-3,5-10H,4,11-16H2,1H3,(H,25,29). The number of benzene rings is 2. The fourth-order valence-corrected chi connectivity index (χ4v) is 3.94. The summed E-state index contributed by atoms with van der Waals surface area (Å²) in [7, 11) is 1.53. The predicted molar refractivity (Wildman–Crippen MR) is 115 cm³/mol. The molecule has 4 rings (SSSR count). The highest BCUT2D eigenvalue weighted by Crippen LogP contribution is 2.27. The van der Waals surface area contributed by atoms with Gasteiger partial charge in [0.2, 0.25) is 5.79 Å². The van der Waals surface area contributed by atoms with Crippen molar-refractivity contribution in [2.45, 2.75) is 12.2 Å². The molecular formula is C23H26FN3O5. The fraction of sp³-hybridized carbons (Fsp3) is 0.391. The molecule has 0 radical (unpaired) electrons. The van der Waals surface area contributed by atoms with Crippen molar-refractivity contribution >= 4 is 17.6 Å². The van der Waals surface area contributed by atoms with E-state index < -0.39 is 5.79 Å². The molecule has 0 saturated carbocycles. The molecule has 2 aliphatic rings. The molecule has 1 N–H and O–H groups in total. The third-order valence-corrected chi connectivity index (χ3v) is 5.53. The number of carbonyl (C=O) groups is 2. The molecule has 0 aliphatic carbocycles. The lowest BCUT2D eigenvalue weighted by molar-refractivity contribution is -0.258. The van der Waals surface area contributed by atoms with Crippen LogP contribution in [0.1, 0.15) is 16.8 Å². The van der Waals surface area contributed by atoms with E-state index in [1.54, 1.807) is 28.0 Å². The number of anilines is 1. The number of carbonyl (C=O) groups excluding carboxylic acids is 2. The number of hydrogen-bond donors (Lipinski definition) is 1. The first kappa shape index (κ1) is 22.0. The van der Waals surface area contributed by atoms with Crippen molar-refractivity contribution in [3.63, 3.8) is 0 Å². The smallest absolute Gasteiger partial charge is 0.322 e. The number of rotatable bonds is 3. The number of nitrogens with one attached hydrogen (secondary N) is 1. The zero-order valence-corrected chi connectivity index (χ0v) is 17.9. The second kappa shape index (κ2) is 9.54. The van der Waals surface area contributed by atoms with E-state index in [1.165, 1.54) is 31.4 Å². The number of ether oxygens (including phenoxy) is 3. The molecule has 2 fully saturated rings.